The van der Waals surface area contributed by atoms with Gasteiger partial charge in [0.05, 0.1) is 0 Å². The Morgan fingerprint density at radius 2 is 1.74 bits per heavy atom. The summed E-state index contributed by atoms with van der Waals surface area (Å²) in [6.07, 6.45) is 0.809. The van der Waals surface area contributed by atoms with Gasteiger partial charge in [-0.1, -0.05) is 41.9 Å². The van der Waals surface area contributed by atoms with E-state index in [0.29, 0.717) is 0 Å². The van der Waals surface area contributed by atoms with Crippen molar-refractivity contribution in [2.75, 3.05) is 0 Å². The summed E-state index contributed by atoms with van der Waals surface area (Å²) in [5.74, 6) is 0. The first-order valence-electron chi connectivity index (χ1n) is 6.55. The lowest BCUT2D eigenvalue weighted by atomic mass is 9.96. The second-order valence-electron chi connectivity index (χ2n) is 5.25. The van der Waals surface area contributed by atoms with Crippen LogP contribution in [-0.2, 0) is 6.42 Å². The Labute approximate surface area is 120 Å². The zero-order valence-corrected chi connectivity index (χ0v) is 12.5. The van der Waals surface area contributed by atoms with Crippen molar-refractivity contribution in [3.8, 4) is 0 Å². The number of rotatable bonds is 3. The summed E-state index contributed by atoms with van der Waals surface area (Å²) in [6.45, 7) is 6.28. The molecule has 0 spiro atoms. The molecule has 0 bridgehead atoms. The third-order valence-corrected chi connectivity index (χ3v) is 3.91. The molecule has 1 nitrogen and oxygen atoms in total. The molecule has 0 saturated carbocycles. The molecular weight excluding hydrogens is 254 g/mol. The van der Waals surface area contributed by atoms with Crippen LogP contribution in [0.25, 0.3) is 0 Å². The van der Waals surface area contributed by atoms with E-state index in [4.69, 9.17) is 17.3 Å². The van der Waals surface area contributed by atoms with E-state index in [0.717, 1.165) is 22.6 Å². The fraction of sp³-hybridized carbons (Fsp3) is 0.294. The van der Waals surface area contributed by atoms with Crippen LogP contribution in [0, 0.1) is 20.8 Å². The molecule has 0 fully saturated rings. The normalized spacial score (nSPS) is 12.5. The van der Waals surface area contributed by atoms with Gasteiger partial charge in [0, 0.05) is 11.1 Å². The van der Waals surface area contributed by atoms with E-state index in [1.54, 1.807) is 0 Å². The zero-order chi connectivity index (χ0) is 14.0. The average molecular weight is 274 g/mol. The lowest BCUT2D eigenvalue weighted by Gasteiger charge is -2.15. The van der Waals surface area contributed by atoms with Crippen LogP contribution < -0.4 is 5.73 Å². The molecule has 2 aromatic carbocycles. The molecule has 0 saturated heterocycles. The molecule has 0 heterocycles. The number of aryl methyl sites for hydroxylation is 3. The predicted octanol–water partition coefficient (Wildman–Crippen LogP) is 4.51. The molecule has 0 aliphatic carbocycles. The average Bonchev–Trinajstić information content (AvgIpc) is 2.33. The number of hydrogen-bond acceptors (Lipinski definition) is 1. The first kappa shape index (κ1) is 14.1. The Bertz CT molecular complexity index is 590. The maximum atomic E-state index is 6.28. The van der Waals surface area contributed by atoms with E-state index < -0.39 is 0 Å². The van der Waals surface area contributed by atoms with Crippen molar-refractivity contribution in [2.24, 2.45) is 5.73 Å². The van der Waals surface area contributed by atoms with Crippen LogP contribution in [0.15, 0.2) is 36.4 Å². The summed E-state index contributed by atoms with van der Waals surface area (Å²) in [4.78, 5) is 0. The van der Waals surface area contributed by atoms with E-state index in [-0.39, 0.29) is 6.04 Å². The molecule has 0 aromatic heterocycles. The van der Waals surface area contributed by atoms with Gasteiger partial charge in [0.1, 0.15) is 0 Å². The van der Waals surface area contributed by atoms with Crippen molar-refractivity contribution in [3.05, 3.63) is 69.2 Å². The lowest BCUT2D eigenvalue weighted by molar-refractivity contribution is 0.721. The summed E-state index contributed by atoms with van der Waals surface area (Å²) in [6, 6.07) is 12.5. The molecular formula is C17H20ClN. The first-order valence-corrected chi connectivity index (χ1v) is 6.93. The van der Waals surface area contributed by atoms with E-state index in [1.807, 2.05) is 19.1 Å². The van der Waals surface area contributed by atoms with Crippen LogP contribution in [0.2, 0.25) is 5.02 Å². The van der Waals surface area contributed by atoms with Crippen LogP contribution in [-0.4, -0.2) is 0 Å². The highest BCUT2D eigenvalue weighted by molar-refractivity contribution is 6.31. The molecule has 2 aromatic rings. The highest BCUT2D eigenvalue weighted by Gasteiger charge is 2.11. The quantitative estimate of drug-likeness (QED) is 0.875. The summed E-state index contributed by atoms with van der Waals surface area (Å²) in [7, 11) is 0. The molecule has 2 N–H and O–H groups in total. The largest absolute Gasteiger partial charge is 0.324 e. The van der Waals surface area contributed by atoms with E-state index in [9.17, 15) is 0 Å². The van der Waals surface area contributed by atoms with Crippen molar-refractivity contribution >= 4 is 11.6 Å². The van der Waals surface area contributed by atoms with E-state index in [1.165, 1.54) is 16.7 Å². The fourth-order valence-corrected chi connectivity index (χ4v) is 2.60. The van der Waals surface area contributed by atoms with Gasteiger partial charge in [0.25, 0.3) is 0 Å². The number of hydrogen-bond donors (Lipinski definition) is 1. The van der Waals surface area contributed by atoms with E-state index >= 15 is 0 Å². The standard InChI is InChI=1S/C17H20ClN/c1-11-4-7-15(16(18)8-11)17(19)10-14-6-5-12(2)13(3)9-14/h4-9,17H,10,19H2,1-3H3. The fourth-order valence-electron chi connectivity index (χ4n) is 2.23. The monoisotopic (exact) mass is 273 g/mol. The number of benzene rings is 2. The van der Waals surface area contributed by atoms with Gasteiger partial charge in [-0.25, -0.2) is 0 Å². The molecule has 0 radical (unpaired) electrons. The van der Waals surface area contributed by atoms with Crippen molar-refractivity contribution in [2.45, 2.75) is 33.2 Å². The summed E-state index contributed by atoms with van der Waals surface area (Å²) < 4.78 is 0. The predicted molar refractivity (Wildman–Crippen MR) is 82.7 cm³/mol. The van der Waals surface area contributed by atoms with Crippen molar-refractivity contribution in [1.29, 1.82) is 0 Å². The SMILES string of the molecule is Cc1ccc(C(N)Cc2ccc(C)c(C)c2)c(Cl)c1. The van der Waals surface area contributed by atoms with Crippen LogP contribution in [0.1, 0.15) is 33.9 Å². The lowest BCUT2D eigenvalue weighted by Crippen LogP contribution is -2.14. The molecule has 2 rings (SSSR count). The van der Waals surface area contributed by atoms with Gasteiger partial charge in [0.15, 0.2) is 0 Å². The minimum atomic E-state index is -0.0600. The highest BCUT2D eigenvalue weighted by Crippen LogP contribution is 2.25. The third-order valence-electron chi connectivity index (χ3n) is 3.58. The maximum Gasteiger partial charge on any atom is 0.0456 e. The minimum Gasteiger partial charge on any atom is -0.324 e. The van der Waals surface area contributed by atoms with Gasteiger partial charge in [-0.15, -0.1) is 0 Å². The maximum absolute atomic E-state index is 6.28. The molecule has 2 heteroatoms. The molecule has 0 aliphatic rings. The van der Waals surface area contributed by atoms with Gasteiger partial charge >= 0.3 is 0 Å². The smallest absolute Gasteiger partial charge is 0.0456 e. The minimum absolute atomic E-state index is 0.0600. The van der Waals surface area contributed by atoms with Gasteiger partial charge in [0.2, 0.25) is 0 Å². The third kappa shape index (κ3) is 3.37. The Morgan fingerprint density at radius 1 is 1.00 bits per heavy atom. The van der Waals surface area contributed by atoms with Gasteiger partial charge in [-0.05, 0) is 61.1 Å². The molecule has 100 valence electrons. The second-order valence-corrected chi connectivity index (χ2v) is 5.66. The topological polar surface area (TPSA) is 26.0 Å². The number of nitrogens with two attached hydrogens (primary N) is 1. The Hall–Kier alpha value is -1.31. The molecule has 19 heavy (non-hydrogen) atoms. The Balaban J connectivity index is 2.20. The van der Waals surface area contributed by atoms with Crippen LogP contribution >= 0.6 is 11.6 Å². The summed E-state index contributed by atoms with van der Waals surface area (Å²) in [5, 5.41) is 0.760. The van der Waals surface area contributed by atoms with Crippen LogP contribution in [0.4, 0.5) is 0 Å². The Kier molecular flexibility index (Phi) is 4.28. The van der Waals surface area contributed by atoms with Crippen LogP contribution in [0.3, 0.4) is 0 Å². The molecule has 0 aliphatic heterocycles. The summed E-state index contributed by atoms with van der Waals surface area (Å²) >= 11 is 6.27. The second kappa shape index (κ2) is 5.77. The van der Waals surface area contributed by atoms with E-state index in [2.05, 4.69) is 38.1 Å². The Morgan fingerprint density at radius 3 is 2.37 bits per heavy atom. The number of halogens is 1. The van der Waals surface area contributed by atoms with Gasteiger partial charge in [-0.3, -0.25) is 0 Å². The molecule has 1 atom stereocenters. The molecule has 0 amide bonds. The van der Waals surface area contributed by atoms with Crippen molar-refractivity contribution < 1.29 is 0 Å². The molecule has 1 unspecified atom stereocenters. The summed E-state index contributed by atoms with van der Waals surface area (Å²) in [5.41, 5.74) is 12.3. The van der Waals surface area contributed by atoms with Crippen molar-refractivity contribution in [1.82, 2.24) is 0 Å². The zero-order valence-electron chi connectivity index (χ0n) is 11.7. The van der Waals surface area contributed by atoms with Gasteiger partial charge in [-0.2, -0.15) is 0 Å². The van der Waals surface area contributed by atoms with Gasteiger partial charge < -0.3 is 5.73 Å². The van der Waals surface area contributed by atoms with Crippen LogP contribution in [0.5, 0.6) is 0 Å². The van der Waals surface area contributed by atoms with Crippen molar-refractivity contribution in [3.63, 3.8) is 0 Å². The highest BCUT2D eigenvalue weighted by atomic mass is 35.5. The first-order chi connectivity index (χ1) is 8.97.